The Kier molecular flexibility index (Phi) is 3.77. The molecule has 2 saturated heterocycles. The van der Waals surface area contributed by atoms with E-state index in [9.17, 15) is 14.9 Å². The maximum Gasteiger partial charge on any atom is 0.287 e. The topological polar surface area (TPSA) is 82.5 Å². The molecule has 0 saturated carbocycles. The van der Waals surface area contributed by atoms with Crippen LogP contribution in [0.1, 0.15) is 30.3 Å². The van der Waals surface area contributed by atoms with Crippen LogP contribution in [0.15, 0.2) is 12.3 Å². The second kappa shape index (κ2) is 5.57. The minimum Gasteiger partial charge on any atom is -0.353 e. The van der Waals surface area contributed by atoms with E-state index in [1.807, 2.05) is 0 Å². The van der Waals surface area contributed by atoms with E-state index < -0.39 is 4.92 Å². The van der Waals surface area contributed by atoms with Crippen LogP contribution >= 0.6 is 0 Å². The second-order valence-corrected chi connectivity index (χ2v) is 6.02. The fourth-order valence-electron chi connectivity index (χ4n) is 3.39. The molecule has 21 heavy (non-hydrogen) atoms. The molecule has 2 aliphatic rings. The van der Waals surface area contributed by atoms with Crippen LogP contribution < -0.4 is 0 Å². The quantitative estimate of drug-likeness (QED) is 0.513. The maximum absolute atomic E-state index is 12.3. The van der Waals surface area contributed by atoms with Gasteiger partial charge in [-0.25, -0.2) is 0 Å². The summed E-state index contributed by atoms with van der Waals surface area (Å²) in [6.07, 6.45) is 3.71. The van der Waals surface area contributed by atoms with Gasteiger partial charge in [0.15, 0.2) is 5.78 Å². The molecule has 3 rings (SSSR count). The van der Waals surface area contributed by atoms with Gasteiger partial charge in [-0.05, 0) is 26.3 Å². The molecule has 0 amide bonds. The Morgan fingerprint density at radius 3 is 3.05 bits per heavy atom. The number of hydrogen-bond donors (Lipinski definition) is 1. The third-order valence-electron chi connectivity index (χ3n) is 4.59. The van der Waals surface area contributed by atoms with Crippen LogP contribution in [0.25, 0.3) is 0 Å². The molecule has 2 atom stereocenters. The zero-order valence-electron chi connectivity index (χ0n) is 12.1. The summed E-state index contributed by atoms with van der Waals surface area (Å²) in [5.74, 6) is -0.0820. The molecular weight excluding hydrogens is 272 g/mol. The number of aromatic amines is 1. The van der Waals surface area contributed by atoms with Gasteiger partial charge in [0.2, 0.25) is 0 Å². The van der Waals surface area contributed by atoms with E-state index in [1.165, 1.54) is 31.6 Å². The van der Waals surface area contributed by atoms with E-state index >= 15 is 0 Å². The lowest BCUT2D eigenvalue weighted by atomic mass is 10.1. The first-order valence-electron chi connectivity index (χ1n) is 7.38. The molecule has 1 N–H and O–H groups in total. The first-order valence-corrected chi connectivity index (χ1v) is 7.38. The van der Waals surface area contributed by atoms with E-state index in [0.29, 0.717) is 24.3 Å². The van der Waals surface area contributed by atoms with Crippen molar-refractivity contribution >= 4 is 11.5 Å². The summed E-state index contributed by atoms with van der Waals surface area (Å²) in [5.41, 5.74) is 0.259. The fourth-order valence-corrected chi connectivity index (χ4v) is 3.39. The minimum atomic E-state index is -0.493. The van der Waals surface area contributed by atoms with Gasteiger partial charge in [-0.15, -0.1) is 0 Å². The number of carbonyl (C=O) groups excluding carboxylic acids is 1. The van der Waals surface area contributed by atoms with Gasteiger partial charge in [0, 0.05) is 31.2 Å². The lowest BCUT2D eigenvalue weighted by Gasteiger charge is -2.41. The van der Waals surface area contributed by atoms with Crippen molar-refractivity contribution in [3.8, 4) is 0 Å². The highest BCUT2D eigenvalue weighted by Crippen LogP contribution is 2.24. The summed E-state index contributed by atoms with van der Waals surface area (Å²) in [5, 5.41) is 10.7. The Morgan fingerprint density at radius 1 is 1.52 bits per heavy atom. The van der Waals surface area contributed by atoms with E-state index in [4.69, 9.17) is 0 Å². The monoisotopic (exact) mass is 292 g/mol. The molecule has 2 aliphatic heterocycles. The molecule has 7 heteroatoms. The number of aromatic nitrogens is 1. The van der Waals surface area contributed by atoms with Gasteiger partial charge in [0.25, 0.3) is 5.69 Å². The third-order valence-corrected chi connectivity index (χ3v) is 4.59. The number of piperazine rings is 1. The molecule has 114 valence electrons. The molecule has 1 aromatic heterocycles. The largest absolute Gasteiger partial charge is 0.353 e. The predicted octanol–water partition coefficient (Wildman–Crippen LogP) is 1.27. The maximum atomic E-state index is 12.3. The fraction of sp³-hybridized carbons (Fsp3) is 0.643. The lowest BCUT2D eigenvalue weighted by Crippen LogP contribution is -2.55. The van der Waals surface area contributed by atoms with Crippen LogP contribution in [0.3, 0.4) is 0 Å². The van der Waals surface area contributed by atoms with Crippen molar-refractivity contribution in [1.82, 2.24) is 14.8 Å². The molecule has 0 aromatic carbocycles. The summed E-state index contributed by atoms with van der Waals surface area (Å²) in [4.78, 5) is 29.9. The van der Waals surface area contributed by atoms with Crippen LogP contribution in [-0.4, -0.2) is 63.8 Å². The SMILES string of the molecule is CC1CN2CCCC2CN1CC(=O)c1cc([N+](=O)[O-])c[nH]1. The molecule has 2 unspecified atom stereocenters. The van der Waals surface area contributed by atoms with Crippen LogP contribution in [0.2, 0.25) is 0 Å². The van der Waals surface area contributed by atoms with E-state index in [1.54, 1.807) is 0 Å². The highest BCUT2D eigenvalue weighted by atomic mass is 16.6. The number of nitrogens with one attached hydrogen (secondary N) is 1. The Morgan fingerprint density at radius 2 is 2.33 bits per heavy atom. The number of fused-ring (bicyclic) bond motifs is 1. The van der Waals surface area contributed by atoms with E-state index in [2.05, 4.69) is 21.7 Å². The van der Waals surface area contributed by atoms with Crippen molar-refractivity contribution in [3.05, 3.63) is 28.1 Å². The van der Waals surface area contributed by atoms with Crippen LogP contribution in [-0.2, 0) is 0 Å². The van der Waals surface area contributed by atoms with Gasteiger partial charge < -0.3 is 4.98 Å². The number of ketones is 1. The third kappa shape index (κ3) is 2.84. The zero-order valence-corrected chi connectivity index (χ0v) is 12.1. The zero-order chi connectivity index (χ0) is 15.0. The number of rotatable bonds is 4. The number of H-pyrrole nitrogens is 1. The summed E-state index contributed by atoms with van der Waals surface area (Å²) in [6.45, 7) is 5.54. The number of hydrogen-bond acceptors (Lipinski definition) is 5. The smallest absolute Gasteiger partial charge is 0.287 e. The molecule has 2 fully saturated rings. The molecule has 0 radical (unpaired) electrons. The summed E-state index contributed by atoms with van der Waals surface area (Å²) >= 11 is 0. The van der Waals surface area contributed by atoms with Gasteiger partial charge in [0.1, 0.15) is 0 Å². The average Bonchev–Trinajstić information content (AvgIpc) is 3.07. The number of carbonyl (C=O) groups is 1. The Balaban J connectivity index is 1.64. The molecule has 0 spiro atoms. The molecule has 7 nitrogen and oxygen atoms in total. The van der Waals surface area contributed by atoms with Crippen LogP contribution in [0, 0.1) is 10.1 Å². The van der Waals surface area contributed by atoms with E-state index in [-0.39, 0.29) is 11.5 Å². The standard InChI is InChI=1S/C14H20N4O3/c1-10-7-16-4-2-3-11(16)8-17(10)9-14(19)13-5-12(6-15-13)18(20)21/h5-6,10-11,15H,2-4,7-9H2,1H3. The highest BCUT2D eigenvalue weighted by molar-refractivity contribution is 5.96. The van der Waals surface area contributed by atoms with Crippen LogP contribution in [0.5, 0.6) is 0 Å². The van der Waals surface area contributed by atoms with Gasteiger partial charge in [0.05, 0.1) is 23.4 Å². The molecule has 1 aromatic rings. The second-order valence-electron chi connectivity index (χ2n) is 6.02. The Hall–Kier alpha value is -1.73. The normalized spacial score (nSPS) is 26.7. The van der Waals surface area contributed by atoms with Gasteiger partial charge in [-0.2, -0.15) is 0 Å². The van der Waals surface area contributed by atoms with Crippen molar-refractivity contribution < 1.29 is 9.72 Å². The molecular formula is C14H20N4O3. The van der Waals surface area contributed by atoms with Crippen molar-refractivity contribution in [2.75, 3.05) is 26.2 Å². The van der Waals surface area contributed by atoms with Crippen LogP contribution in [0.4, 0.5) is 5.69 Å². The Bertz CT molecular complexity index is 556. The summed E-state index contributed by atoms with van der Waals surface area (Å²) in [6, 6.07) is 2.22. The van der Waals surface area contributed by atoms with Crippen molar-refractivity contribution in [3.63, 3.8) is 0 Å². The first kappa shape index (κ1) is 14.2. The van der Waals surface area contributed by atoms with Crippen molar-refractivity contribution in [2.45, 2.75) is 31.8 Å². The van der Waals surface area contributed by atoms with Crippen molar-refractivity contribution in [1.29, 1.82) is 0 Å². The van der Waals surface area contributed by atoms with Gasteiger partial charge >= 0.3 is 0 Å². The van der Waals surface area contributed by atoms with Crippen molar-refractivity contribution in [2.24, 2.45) is 0 Å². The minimum absolute atomic E-state index is 0.0630. The van der Waals surface area contributed by atoms with Gasteiger partial charge in [-0.1, -0.05) is 0 Å². The number of nitrogens with zero attached hydrogens (tertiary/aromatic N) is 3. The predicted molar refractivity (Wildman–Crippen MR) is 77.4 cm³/mol. The molecule has 0 bridgehead atoms. The number of nitro groups is 1. The summed E-state index contributed by atoms with van der Waals surface area (Å²) in [7, 11) is 0. The lowest BCUT2D eigenvalue weighted by molar-refractivity contribution is -0.384. The Labute approximate surface area is 123 Å². The first-order chi connectivity index (χ1) is 10.0. The van der Waals surface area contributed by atoms with E-state index in [0.717, 1.165) is 13.1 Å². The average molecular weight is 292 g/mol. The molecule has 0 aliphatic carbocycles. The van der Waals surface area contributed by atoms with Gasteiger partial charge in [-0.3, -0.25) is 24.7 Å². The molecule has 3 heterocycles. The summed E-state index contributed by atoms with van der Waals surface area (Å²) < 4.78 is 0. The highest BCUT2D eigenvalue weighted by Gasteiger charge is 2.35. The number of Topliss-reactive ketones (excluding diaryl/α,β-unsaturated/α-hetero) is 1.